The second-order valence-corrected chi connectivity index (χ2v) is 6.33. The van der Waals surface area contributed by atoms with Crippen molar-refractivity contribution in [2.24, 2.45) is 11.1 Å². The van der Waals surface area contributed by atoms with Crippen LogP contribution in [0.2, 0.25) is 0 Å². The number of hydrogen-bond donors (Lipinski definition) is 1. The fourth-order valence-electron chi connectivity index (χ4n) is 1.80. The van der Waals surface area contributed by atoms with Gasteiger partial charge in [0.2, 0.25) is 0 Å². The summed E-state index contributed by atoms with van der Waals surface area (Å²) in [5, 5.41) is 9.03. The van der Waals surface area contributed by atoms with Crippen LogP contribution in [0.4, 0.5) is 0 Å². The lowest BCUT2D eigenvalue weighted by Crippen LogP contribution is -2.14. The molecule has 0 fully saturated rings. The molecule has 2 N–H and O–H groups in total. The molecule has 0 saturated carbocycles. The van der Waals surface area contributed by atoms with Crippen LogP contribution in [0.1, 0.15) is 32.8 Å². The van der Waals surface area contributed by atoms with Crippen molar-refractivity contribution in [2.45, 2.75) is 33.6 Å². The molecule has 0 spiro atoms. The van der Waals surface area contributed by atoms with Crippen molar-refractivity contribution in [1.82, 2.24) is 0 Å². The third-order valence-electron chi connectivity index (χ3n) is 3.08. The first-order valence-corrected chi connectivity index (χ1v) is 7.92. The second-order valence-electron chi connectivity index (χ2n) is 5.47. The summed E-state index contributed by atoms with van der Waals surface area (Å²) in [5.41, 5.74) is 6.32. The zero-order valence-corrected chi connectivity index (χ0v) is 14.5. The molecule has 0 aliphatic rings. The molecule has 0 unspecified atom stereocenters. The normalized spacial score (nSPS) is 11.0. The van der Waals surface area contributed by atoms with Gasteiger partial charge in [-0.15, -0.1) is 0 Å². The highest BCUT2D eigenvalue weighted by atomic mass is 79.9. The number of nitriles is 1. The van der Waals surface area contributed by atoms with Gasteiger partial charge >= 0.3 is 0 Å². The smallest absolute Gasteiger partial charge is 0.175 e. The molecule has 0 atom stereocenters. The van der Waals surface area contributed by atoms with Crippen molar-refractivity contribution in [3.63, 3.8) is 0 Å². The fourth-order valence-corrected chi connectivity index (χ4v) is 2.40. The van der Waals surface area contributed by atoms with E-state index in [1.165, 1.54) is 0 Å². The average molecular weight is 355 g/mol. The van der Waals surface area contributed by atoms with E-state index in [2.05, 4.69) is 22.0 Å². The Labute approximate surface area is 135 Å². The van der Waals surface area contributed by atoms with Gasteiger partial charge in [0.15, 0.2) is 11.5 Å². The first-order chi connectivity index (χ1) is 9.93. The minimum absolute atomic E-state index is 0.391. The van der Waals surface area contributed by atoms with Crippen LogP contribution in [0, 0.1) is 16.7 Å². The monoisotopic (exact) mass is 354 g/mol. The Balaban J connectivity index is 2.87. The van der Waals surface area contributed by atoms with Crippen molar-refractivity contribution in [3.8, 4) is 17.6 Å². The number of hydrogen-bond acceptors (Lipinski definition) is 4. The maximum absolute atomic E-state index is 9.03. The van der Waals surface area contributed by atoms with Crippen LogP contribution in [-0.4, -0.2) is 19.8 Å². The van der Waals surface area contributed by atoms with Crippen LogP contribution in [-0.2, 0) is 6.42 Å². The van der Waals surface area contributed by atoms with Crippen molar-refractivity contribution >= 4 is 15.9 Å². The summed E-state index contributed by atoms with van der Waals surface area (Å²) < 4.78 is 12.3. The van der Waals surface area contributed by atoms with Gasteiger partial charge in [-0.05, 0) is 73.8 Å². The number of benzene rings is 1. The fraction of sp³-hybridized carbons (Fsp3) is 0.562. The Morgan fingerprint density at radius 3 is 2.62 bits per heavy atom. The van der Waals surface area contributed by atoms with Gasteiger partial charge in [-0.2, -0.15) is 5.26 Å². The van der Waals surface area contributed by atoms with Crippen LogP contribution in [0.15, 0.2) is 16.6 Å². The Morgan fingerprint density at radius 2 is 2.05 bits per heavy atom. The van der Waals surface area contributed by atoms with E-state index < -0.39 is 5.41 Å². The van der Waals surface area contributed by atoms with Crippen molar-refractivity contribution in [3.05, 3.63) is 22.2 Å². The van der Waals surface area contributed by atoms with E-state index in [1.54, 1.807) is 0 Å². The van der Waals surface area contributed by atoms with Gasteiger partial charge in [-0.1, -0.05) is 0 Å². The van der Waals surface area contributed by atoms with Gasteiger partial charge in [-0.25, -0.2) is 0 Å². The highest BCUT2D eigenvalue weighted by Gasteiger charge is 2.18. The molecule has 0 heterocycles. The Hall–Kier alpha value is -1.25. The third kappa shape index (κ3) is 5.56. The van der Waals surface area contributed by atoms with E-state index in [0.29, 0.717) is 37.7 Å². The maximum Gasteiger partial charge on any atom is 0.175 e. The van der Waals surface area contributed by atoms with Crippen LogP contribution < -0.4 is 15.2 Å². The van der Waals surface area contributed by atoms with Crippen LogP contribution in [0.25, 0.3) is 0 Å². The van der Waals surface area contributed by atoms with Crippen LogP contribution in [0.5, 0.6) is 11.5 Å². The number of ether oxygens (including phenoxy) is 2. The van der Waals surface area contributed by atoms with Crippen molar-refractivity contribution in [2.75, 3.05) is 19.8 Å². The Kier molecular flexibility index (Phi) is 7.00. The molecule has 116 valence electrons. The third-order valence-corrected chi connectivity index (χ3v) is 3.67. The predicted molar refractivity (Wildman–Crippen MR) is 87.6 cm³/mol. The van der Waals surface area contributed by atoms with Crippen LogP contribution >= 0.6 is 15.9 Å². The van der Waals surface area contributed by atoms with E-state index in [1.807, 2.05) is 32.9 Å². The standard InChI is InChI=1S/C16H23BrN2O2/c1-4-20-14-10-12(5-7-18)9-13(17)15(14)21-8-6-16(2,3)11-19/h9-10H,4-8,18H2,1-3H3. The van der Waals surface area contributed by atoms with E-state index in [4.69, 9.17) is 20.5 Å². The highest BCUT2D eigenvalue weighted by molar-refractivity contribution is 9.10. The second kappa shape index (κ2) is 8.26. The molecule has 5 heteroatoms. The van der Waals surface area contributed by atoms with Gasteiger partial charge in [0.1, 0.15) is 0 Å². The van der Waals surface area contributed by atoms with Gasteiger partial charge in [-0.3, -0.25) is 0 Å². The molecule has 0 amide bonds. The minimum Gasteiger partial charge on any atom is -0.490 e. The molecule has 0 saturated heterocycles. The quantitative estimate of drug-likeness (QED) is 0.773. The maximum atomic E-state index is 9.03. The molecule has 0 radical (unpaired) electrons. The molecule has 1 aromatic rings. The molecule has 1 rings (SSSR count). The first-order valence-electron chi connectivity index (χ1n) is 7.13. The van der Waals surface area contributed by atoms with E-state index in [0.717, 1.165) is 16.5 Å². The molecule has 0 aliphatic heterocycles. The van der Waals surface area contributed by atoms with E-state index in [-0.39, 0.29) is 0 Å². The summed E-state index contributed by atoms with van der Waals surface area (Å²) in [6.45, 7) is 7.37. The SMILES string of the molecule is CCOc1cc(CCN)cc(Br)c1OCCC(C)(C)C#N. The number of nitrogens with two attached hydrogens (primary N) is 1. The molecule has 0 bridgehead atoms. The molecule has 0 aliphatic carbocycles. The number of rotatable bonds is 8. The largest absolute Gasteiger partial charge is 0.490 e. The average Bonchev–Trinajstić information content (AvgIpc) is 2.42. The molecular weight excluding hydrogens is 332 g/mol. The summed E-state index contributed by atoms with van der Waals surface area (Å²) in [5.74, 6) is 1.40. The van der Waals surface area contributed by atoms with E-state index in [9.17, 15) is 0 Å². The zero-order chi connectivity index (χ0) is 15.9. The summed E-state index contributed by atoms with van der Waals surface area (Å²) in [6.07, 6.45) is 1.45. The molecule has 4 nitrogen and oxygen atoms in total. The lowest BCUT2D eigenvalue weighted by molar-refractivity contribution is 0.243. The van der Waals surface area contributed by atoms with Gasteiger partial charge in [0.25, 0.3) is 0 Å². The molecule has 21 heavy (non-hydrogen) atoms. The number of halogens is 1. The Bertz CT molecular complexity index is 510. The van der Waals surface area contributed by atoms with Gasteiger partial charge < -0.3 is 15.2 Å². The lowest BCUT2D eigenvalue weighted by atomic mass is 9.92. The van der Waals surface area contributed by atoms with Crippen molar-refractivity contribution in [1.29, 1.82) is 5.26 Å². The first kappa shape index (κ1) is 17.8. The Morgan fingerprint density at radius 1 is 1.33 bits per heavy atom. The minimum atomic E-state index is -0.391. The molecule has 1 aromatic carbocycles. The van der Waals surface area contributed by atoms with E-state index >= 15 is 0 Å². The summed E-state index contributed by atoms with van der Waals surface area (Å²) >= 11 is 3.52. The lowest BCUT2D eigenvalue weighted by Gasteiger charge is -2.18. The summed E-state index contributed by atoms with van der Waals surface area (Å²) in [6, 6.07) is 6.24. The number of nitrogens with zero attached hydrogens (tertiary/aromatic N) is 1. The van der Waals surface area contributed by atoms with Crippen LogP contribution in [0.3, 0.4) is 0 Å². The highest BCUT2D eigenvalue weighted by Crippen LogP contribution is 2.37. The molecular formula is C16H23BrN2O2. The van der Waals surface area contributed by atoms with Crippen molar-refractivity contribution < 1.29 is 9.47 Å². The summed E-state index contributed by atoms with van der Waals surface area (Å²) in [7, 11) is 0. The van der Waals surface area contributed by atoms with Gasteiger partial charge in [0, 0.05) is 0 Å². The topological polar surface area (TPSA) is 68.3 Å². The van der Waals surface area contributed by atoms with Gasteiger partial charge in [0.05, 0.1) is 29.2 Å². The predicted octanol–water partition coefficient (Wildman–Crippen LogP) is 3.67. The molecule has 0 aromatic heterocycles. The zero-order valence-electron chi connectivity index (χ0n) is 12.9. The summed E-state index contributed by atoms with van der Waals surface area (Å²) in [4.78, 5) is 0.